The Hall–Kier alpha value is -0.330. The lowest BCUT2D eigenvalue weighted by atomic mass is 9.61. The molecule has 0 heterocycles. The van der Waals surface area contributed by atoms with Crippen molar-refractivity contribution in [3.8, 4) is 0 Å². The van der Waals surface area contributed by atoms with Gasteiger partial charge < -0.3 is 4.79 Å². The van der Waals surface area contributed by atoms with Gasteiger partial charge in [-0.05, 0) is 37.0 Å². The van der Waals surface area contributed by atoms with Crippen LogP contribution in [0.3, 0.4) is 0 Å². The van der Waals surface area contributed by atoms with E-state index in [1.165, 1.54) is 19.1 Å². The van der Waals surface area contributed by atoms with Gasteiger partial charge >= 0.3 is 0 Å². The van der Waals surface area contributed by atoms with Gasteiger partial charge in [0.05, 0.1) is 0 Å². The molecule has 1 fully saturated rings. The second kappa shape index (κ2) is 3.43. The van der Waals surface area contributed by atoms with Gasteiger partial charge in [-0.15, -0.1) is 0 Å². The minimum atomic E-state index is -0.00444. The Kier molecular flexibility index (Phi) is 2.84. The first-order chi connectivity index (χ1) is 5.92. The van der Waals surface area contributed by atoms with Gasteiger partial charge in [0.25, 0.3) is 0 Å². The number of carbonyl (C=O) groups is 1. The van der Waals surface area contributed by atoms with Crippen LogP contribution in [0.1, 0.15) is 53.4 Å². The fraction of sp³-hybridized carbons (Fsp3) is 0.917. The quantitative estimate of drug-likeness (QED) is 0.598. The molecule has 0 aromatic carbocycles. The molecule has 13 heavy (non-hydrogen) atoms. The fourth-order valence-electron chi connectivity index (χ4n) is 2.22. The van der Waals surface area contributed by atoms with Gasteiger partial charge in [-0.1, -0.05) is 27.7 Å². The molecule has 0 radical (unpaired) electrons. The van der Waals surface area contributed by atoms with Crippen LogP contribution in [0.5, 0.6) is 0 Å². The Morgan fingerprint density at radius 2 is 1.54 bits per heavy atom. The molecule has 1 rings (SSSR count). The van der Waals surface area contributed by atoms with Crippen LogP contribution in [-0.4, -0.2) is 6.29 Å². The van der Waals surface area contributed by atoms with Gasteiger partial charge in [0.15, 0.2) is 0 Å². The van der Waals surface area contributed by atoms with Crippen LogP contribution in [0.4, 0.5) is 0 Å². The summed E-state index contributed by atoms with van der Waals surface area (Å²) in [7, 11) is 0. The Bertz CT molecular complexity index is 181. The van der Waals surface area contributed by atoms with Gasteiger partial charge in [0.2, 0.25) is 0 Å². The summed E-state index contributed by atoms with van der Waals surface area (Å²) in [5.41, 5.74) is 0.455. The highest BCUT2D eigenvalue weighted by atomic mass is 16.1. The summed E-state index contributed by atoms with van der Waals surface area (Å²) in [4.78, 5) is 11.1. The van der Waals surface area contributed by atoms with Crippen LogP contribution in [0.2, 0.25) is 0 Å². The van der Waals surface area contributed by atoms with E-state index in [0.29, 0.717) is 11.3 Å². The fourth-order valence-corrected chi connectivity index (χ4v) is 2.22. The van der Waals surface area contributed by atoms with Gasteiger partial charge in [0, 0.05) is 5.41 Å². The lowest BCUT2D eigenvalue weighted by Crippen LogP contribution is -2.36. The van der Waals surface area contributed by atoms with E-state index in [9.17, 15) is 4.79 Å². The zero-order valence-electron chi connectivity index (χ0n) is 9.39. The van der Waals surface area contributed by atoms with Crippen LogP contribution >= 0.6 is 0 Å². The number of hydrogen-bond donors (Lipinski definition) is 0. The lowest BCUT2D eigenvalue weighted by molar-refractivity contribution is -0.122. The van der Waals surface area contributed by atoms with Gasteiger partial charge in [-0.3, -0.25) is 0 Å². The predicted octanol–water partition coefficient (Wildman–Crippen LogP) is 3.43. The average molecular weight is 182 g/mol. The summed E-state index contributed by atoms with van der Waals surface area (Å²) in [5, 5.41) is 0. The molecule has 0 saturated heterocycles. The standard InChI is InChI=1S/C12H22O/c1-10(2)12(9-13)7-5-11(3,4)6-8-12/h9-10H,5-8H2,1-4H3. The largest absolute Gasteiger partial charge is 0.303 e. The lowest BCUT2D eigenvalue weighted by Gasteiger charge is -2.42. The maximum absolute atomic E-state index is 11.1. The Morgan fingerprint density at radius 1 is 1.08 bits per heavy atom. The first-order valence-electron chi connectivity index (χ1n) is 5.38. The van der Waals surface area contributed by atoms with E-state index in [1.807, 2.05) is 0 Å². The molecule has 0 spiro atoms. The van der Waals surface area contributed by atoms with Crippen LogP contribution in [0, 0.1) is 16.7 Å². The zero-order valence-corrected chi connectivity index (χ0v) is 9.39. The predicted molar refractivity (Wildman–Crippen MR) is 55.6 cm³/mol. The monoisotopic (exact) mass is 182 g/mol. The third-order valence-electron chi connectivity index (χ3n) is 3.92. The van der Waals surface area contributed by atoms with Crippen molar-refractivity contribution in [3.05, 3.63) is 0 Å². The molecule has 1 aliphatic carbocycles. The molecule has 0 atom stereocenters. The molecular formula is C12H22O. The van der Waals surface area contributed by atoms with E-state index < -0.39 is 0 Å². The third-order valence-corrected chi connectivity index (χ3v) is 3.92. The molecule has 1 nitrogen and oxygen atoms in total. The van der Waals surface area contributed by atoms with Gasteiger partial charge in [-0.2, -0.15) is 0 Å². The van der Waals surface area contributed by atoms with E-state index in [0.717, 1.165) is 12.8 Å². The first-order valence-corrected chi connectivity index (χ1v) is 5.38. The topological polar surface area (TPSA) is 17.1 Å². The molecule has 0 aromatic heterocycles. The maximum Gasteiger partial charge on any atom is 0.126 e. The van der Waals surface area contributed by atoms with Crippen LogP contribution < -0.4 is 0 Å². The maximum atomic E-state index is 11.1. The molecular weight excluding hydrogens is 160 g/mol. The molecule has 76 valence electrons. The highest BCUT2D eigenvalue weighted by molar-refractivity contribution is 5.60. The molecule has 0 aromatic rings. The molecule has 1 heteroatoms. The van der Waals surface area contributed by atoms with E-state index in [2.05, 4.69) is 27.7 Å². The van der Waals surface area contributed by atoms with Gasteiger partial charge in [-0.25, -0.2) is 0 Å². The van der Waals surface area contributed by atoms with Crippen molar-refractivity contribution in [1.82, 2.24) is 0 Å². The number of rotatable bonds is 2. The van der Waals surface area contributed by atoms with E-state index in [-0.39, 0.29) is 5.41 Å². The second-order valence-corrected chi connectivity index (χ2v) is 5.67. The number of hydrogen-bond acceptors (Lipinski definition) is 1. The van der Waals surface area contributed by atoms with Crippen molar-refractivity contribution in [3.63, 3.8) is 0 Å². The summed E-state index contributed by atoms with van der Waals surface area (Å²) in [6.07, 6.45) is 5.78. The molecule has 0 bridgehead atoms. The van der Waals surface area contributed by atoms with Crippen molar-refractivity contribution in [2.75, 3.05) is 0 Å². The Labute approximate surface area is 81.9 Å². The minimum Gasteiger partial charge on any atom is -0.303 e. The highest BCUT2D eigenvalue weighted by Crippen LogP contribution is 2.47. The molecule has 0 amide bonds. The number of carbonyl (C=O) groups excluding carboxylic acids is 1. The molecule has 0 aliphatic heterocycles. The van der Waals surface area contributed by atoms with Gasteiger partial charge in [0.1, 0.15) is 6.29 Å². The minimum absolute atomic E-state index is 0.00444. The third kappa shape index (κ3) is 2.12. The summed E-state index contributed by atoms with van der Waals surface area (Å²) in [5.74, 6) is 0.501. The molecule has 1 aliphatic rings. The van der Waals surface area contributed by atoms with Crippen LogP contribution in [0.25, 0.3) is 0 Å². The highest BCUT2D eigenvalue weighted by Gasteiger charge is 2.40. The average Bonchev–Trinajstić information content (AvgIpc) is 2.05. The Balaban J connectivity index is 2.69. The Morgan fingerprint density at radius 3 is 1.85 bits per heavy atom. The molecule has 1 saturated carbocycles. The van der Waals surface area contributed by atoms with Crippen molar-refractivity contribution < 1.29 is 4.79 Å². The smallest absolute Gasteiger partial charge is 0.126 e. The van der Waals surface area contributed by atoms with E-state index in [4.69, 9.17) is 0 Å². The summed E-state index contributed by atoms with van der Waals surface area (Å²) in [6.45, 7) is 8.96. The molecule has 0 N–H and O–H groups in total. The zero-order chi connectivity index (χ0) is 10.1. The second-order valence-electron chi connectivity index (χ2n) is 5.67. The first kappa shape index (κ1) is 10.7. The van der Waals surface area contributed by atoms with E-state index >= 15 is 0 Å². The summed E-state index contributed by atoms with van der Waals surface area (Å²) < 4.78 is 0. The normalized spacial score (nSPS) is 25.9. The molecule has 0 unspecified atom stereocenters. The van der Waals surface area contributed by atoms with Crippen LogP contribution in [-0.2, 0) is 4.79 Å². The van der Waals surface area contributed by atoms with E-state index in [1.54, 1.807) is 0 Å². The van der Waals surface area contributed by atoms with Crippen molar-refractivity contribution in [2.45, 2.75) is 53.4 Å². The summed E-state index contributed by atoms with van der Waals surface area (Å²) >= 11 is 0. The van der Waals surface area contributed by atoms with Crippen molar-refractivity contribution >= 4 is 6.29 Å². The SMILES string of the molecule is CC(C)C1(C=O)CCC(C)(C)CC1. The van der Waals surface area contributed by atoms with Crippen molar-refractivity contribution in [1.29, 1.82) is 0 Å². The van der Waals surface area contributed by atoms with Crippen LogP contribution in [0.15, 0.2) is 0 Å². The van der Waals surface area contributed by atoms with Crippen molar-refractivity contribution in [2.24, 2.45) is 16.7 Å². The summed E-state index contributed by atoms with van der Waals surface area (Å²) in [6, 6.07) is 0. The number of aldehydes is 1.